The zero-order valence-electron chi connectivity index (χ0n) is 14.8. The van der Waals surface area contributed by atoms with Crippen molar-refractivity contribution in [3.05, 3.63) is 35.9 Å². The van der Waals surface area contributed by atoms with E-state index in [1.54, 1.807) is 11.8 Å². The third-order valence-corrected chi connectivity index (χ3v) is 8.01. The molecule has 0 amide bonds. The van der Waals surface area contributed by atoms with Crippen LogP contribution in [0.5, 0.6) is 0 Å². The molecule has 4 heteroatoms. The maximum atomic E-state index is 12.2. The lowest BCUT2D eigenvalue weighted by molar-refractivity contribution is -0.141. The standard InChI is InChI=1S/C20H28O3S/c1-19(2)15-9-10-20(19,17(21)11-15)13-24-12-16(18(22)23-3)14-7-5-4-6-8-14/h4-8,15-17,21H,9-13H2,1-3H3/t15?,16-,17?,20?/m1/s1. The number of aliphatic hydroxyl groups excluding tert-OH is 1. The largest absolute Gasteiger partial charge is 0.469 e. The lowest BCUT2D eigenvalue weighted by atomic mass is 9.70. The first-order chi connectivity index (χ1) is 11.4. The molecule has 3 rings (SSSR count). The Morgan fingerprint density at radius 2 is 2.08 bits per heavy atom. The van der Waals surface area contributed by atoms with Crippen molar-refractivity contribution in [3.8, 4) is 0 Å². The van der Waals surface area contributed by atoms with E-state index in [-0.39, 0.29) is 28.8 Å². The molecule has 0 radical (unpaired) electrons. The number of methoxy groups -OCH3 is 1. The fraction of sp³-hybridized carbons (Fsp3) is 0.650. The van der Waals surface area contributed by atoms with E-state index in [1.807, 2.05) is 30.3 Å². The number of ether oxygens (including phenoxy) is 1. The van der Waals surface area contributed by atoms with E-state index < -0.39 is 0 Å². The maximum Gasteiger partial charge on any atom is 0.313 e. The summed E-state index contributed by atoms with van der Waals surface area (Å²) in [6, 6.07) is 9.85. The van der Waals surface area contributed by atoms with Crippen LogP contribution in [0.4, 0.5) is 0 Å². The summed E-state index contributed by atoms with van der Waals surface area (Å²) < 4.78 is 5.01. The van der Waals surface area contributed by atoms with Crippen molar-refractivity contribution in [2.45, 2.75) is 45.1 Å². The van der Waals surface area contributed by atoms with Gasteiger partial charge in [-0.05, 0) is 36.2 Å². The van der Waals surface area contributed by atoms with Gasteiger partial charge in [0.05, 0.1) is 19.1 Å². The van der Waals surface area contributed by atoms with E-state index in [0.717, 1.165) is 24.2 Å². The molecule has 0 spiro atoms. The van der Waals surface area contributed by atoms with Crippen LogP contribution in [0, 0.1) is 16.7 Å². The molecule has 1 aromatic rings. The Hall–Kier alpha value is -1.00. The van der Waals surface area contributed by atoms with Crippen molar-refractivity contribution in [2.24, 2.45) is 16.7 Å². The number of fused-ring (bicyclic) bond motifs is 2. The second-order valence-corrected chi connectivity index (χ2v) is 8.90. The van der Waals surface area contributed by atoms with Crippen molar-refractivity contribution >= 4 is 17.7 Å². The Morgan fingerprint density at radius 1 is 1.38 bits per heavy atom. The van der Waals surface area contributed by atoms with Crippen LogP contribution in [0.2, 0.25) is 0 Å². The number of thioether (sulfide) groups is 1. The van der Waals surface area contributed by atoms with Crippen LogP contribution < -0.4 is 0 Å². The highest BCUT2D eigenvalue weighted by molar-refractivity contribution is 7.99. The summed E-state index contributed by atoms with van der Waals surface area (Å²) in [4.78, 5) is 12.2. The normalized spacial score (nSPS) is 31.8. The molecule has 24 heavy (non-hydrogen) atoms. The number of aliphatic hydroxyl groups is 1. The average Bonchev–Trinajstić information content (AvgIpc) is 2.93. The van der Waals surface area contributed by atoms with Crippen LogP contribution in [0.1, 0.15) is 44.6 Å². The Bertz CT molecular complexity index is 586. The minimum absolute atomic E-state index is 0.000307. The van der Waals surface area contributed by atoms with Crippen LogP contribution in [0.15, 0.2) is 30.3 Å². The van der Waals surface area contributed by atoms with Crippen LogP contribution >= 0.6 is 11.8 Å². The van der Waals surface area contributed by atoms with E-state index in [4.69, 9.17) is 4.74 Å². The molecule has 132 valence electrons. The minimum atomic E-state index is -0.239. The van der Waals surface area contributed by atoms with E-state index in [2.05, 4.69) is 13.8 Å². The number of hydrogen-bond acceptors (Lipinski definition) is 4. The monoisotopic (exact) mass is 348 g/mol. The molecule has 2 aliphatic carbocycles. The number of carbonyl (C=O) groups excluding carboxylic acids is 1. The first-order valence-corrected chi connectivity index (χ1v) is 9.96. The third kappa shape index (κ3) is 2.78. The van der Waals surface area contributed by atoms with Gasteiger partial charge in [-0.1, -0.05) is 44.2 Å². The quantitative estimate of drug-likeness (QED) is 0.793. The number of carbonyl (C=O) groups is 1. The predicted octanol–water partition coefficient (Wildman–Crippen LogP) is 3.86. The first-order valence-electron chi connectivity index (χ1n) is 8.81. The van der Waals surface area contributed by atoms with Crippen molar-refractivity contribution in [1.82, 2.24) is 0 Å². The van der Waals surface area contributed by atoms with E-state index in [0.29, 0.717) is 11.7 Å². The van der Waals surface area contributed by atoms with Gasteiger partial charge in [0.25, 0.3) is 0 Å². The Balaban J connectivity index is 1.69. The second-order valence-electron chi connectivity index (χ2n) is 7.87. The van der Waals surface area contributed by atoms with Gasteiger partial charge >= 0.3 is 5.97 Å². The molecule has 2 fully saturated rings. The minimum Gasteiger partial charge on any atom is -0.469 e. The average molecular weight is 349 g/mol. The second kappa shape index (κ2) is 6.72. The SMILES string of the molecule is COC(=O)[C@H](CSCC12CCC(CC1O)C2(C)C)c1ccccc1. The zero-order valence-corrected chi connectivity index (χ0v) is 15.6. The summed E-state index contributed by atoms with van der Waals surface area (Å²) in [5.74, 6) is 1.83. The van der Waals surface area contributed by atoms with Gasteiger partial charge in [-0.2, -0.15) is 11.8 Å². The van der Waals surface area contributed by atoms with Gasteiger partial charge in [-0.25, -0.2) is 0 Å². The number of esters is 1. The van der Waals surface area contributed by atoms with Gasteiger partial charge < -0.3 is 9.84 Å². The van der Waals surface area contributed by atoms with Crippen molar-refractivity contribution in [1.29, 1.82) is 0 Å². The molecule has 2 bridgehead atoms. The van der Waals surface area contributed by atoms with Gasteiger partial charge in [0.15, 0.2) is 0 Å². The highest BCUT2D eigenvalue weighted by atomic mass is 32.2. The lowest BCUT2D eigenvalue weighted by Gasteiger charge is -2.40. The number of benzene rings is 1. The van der Waals surface area contributed by atoms with Crippen LogP contribution in [-0.2, 0) is 9.53 Å². The summed E-state index contributed by atoms with van der Waals surface area (Å²) in [6.45, 7) is 4.63. The van der Waals surface area contributed by atoms with Gasteiger partial charge in [0.1, 0.15) is 0 Å². The van der Waals surface area contributed by atoms with Crippen LogP contribution in [0.3, 0.4) is 0 Å². The summed E-state index contributed by atoms with van der Waals surface area (Å²) in [5.41, 5.74) is 1.19. The molecule has 0 aromatic heterocycles. The fourth-order valence-electron chi connectivity index (χ4n) is 4.87. The molecule has 2 saturated carbocycles. The predicted molar refractivity (Wildman–Crippen MR) is 98.1 cm³/mol. The molecule has 1 aromatic carbocycles. The van der Waals surface area contributed by atoms with Crippen molar-refractivity contribution in [2.75, 3.05) is 18.6 Å². The fourth-order valence-corrected chi connectivity index (χ4v) is 6.62. The van der Waals surface area contributed by atoms with Crippen molar-refractivity contribution < 1.29 is 14.6 Å². The molecule has 4 atom stereocenters. The zero-order chi connectivity index (χ0) is 17.4. The number of rotatable bonds is 6. The molecule has 0 heterocycles. The van der Waals surface area contributed by atoms with E-state index >= 15 is 0 Å². The summed E-state index contributed by atoms with van der Waals surface area (Å²) in [6.07, 6.45) is 3.07. The number of hydrogen-bond donors (Lipinski definition) is 1. The molecule has 2 aliphatic rings. The lowest BCUT2D eigenvalue weighted by Crippen LogP contribution is -2.41. The molecule has 3 nitrogen and oxygen atoms in total. The van der Waals surface area contributed by atoms with Crippen LogP contribution in [0.25, 0.3) is 0 Å². The van der Waals surface area contributed by atoms with Gasteiger partial charge in [0, 0.05) is 16.9 Å². The Kier molecular flexibility index (Phi) is 4.99. The van der Waals surface area contributed by atoms with Gasteiger partial charge in [-0.3, -0.25) is 4.79 Å². The van der Waals surface area contributed by atoms with Crippen molar-refractivity contribution in [3.63, 3.8) is 0 Å². The highest BCUT2D eigenvalue weighted by Crippen LogP contribution is 2.66. The topological polar surface area (TPSA) is 46.5 Å². The van der Waals surface area contributed by atoms with E-state index in [9.17, 15) is 9.90 Å². The molecule has 0 aliphatic heterocycles. The summed E-state index contributed by atoms with van der Waals surface area (Å²) in [7, 11) is 1.45. The maximum absolute atomic E-state index is 12.2. The van der Waals surface area contributed by atoms with Gasteiger partial charge in [-0.15, -0.1) is 0 Å². The molecule has 3 unspecified atom stereocenters. The molecular weight excluding hydrogens is 320 g/mol. The van der Waals surface area contributed by atoms with Gasteiger partial charge in [0.2, 0.25) is 0 Å². The van der Waals surface area contributed by atoms with Crippen LogP contribution in [-0.4, -0.2) is 35.8 Å². The summed E-state index contributed by atoms with van der Waals surface area (Å²) in [5, 5.41) is 10.6. The molecular formula is C20H28O3S. The highest BCUT2D eigenvalue weighted by Gasteiger charge is 2.63. The molecule has 1 N–H and O–H groups in total. The third-order valence-electron chi connectivity index (χ3n) is 6.72. The molecule has 0 saturated heterocycles. The Morgan fingerprint density at radius 3 is 2.62 bits per heavy atom. The van der Waals surface area contributed by atoms with E-state index in [1.165, 1.54) is 13.5 Å². The Labute approximate surface area is 149 Å². The first kappa shape index (κ1) is 17.8. The summed E-state index contributed by atoms with van der Waals surface area (Å²) >= 11 is 1.79. The smallest absolute Gasteiger partial charge is 0.313 e.